The van der Waals surface area contributed by atoms with E-state index in [1.807, 2.05) is 24.3 Å². The maximum atomic E-state index is 6.14. The molecule has 0 unspecified atom stereocenters. The van der Waals surface area contributed by atoms with E-state index in [4.69, 9.17) is 16.6 Å². The van der Waals surface area contributed by atoms with E-state index in [9.17, 15) is 0 Å². The first-order valence-corrected chi connectivity index (χ1v) is 9.76. The van der Waals surface area contributed by atoms with E-state index in [0.717, 1.165) is 48.6 Å². The summed E-state index contributed by atoms with van der Waals surface area (Å²) in [6.45, 7) is 3.18. The lowest BCUT2D eigenvalue weighted by Gasteiger charge is -2.10. The minimum Gasteiger partial charge on any atom is -0.309 e. The van der Waals surface area contributed by atoms with Crippen LogP contribution in [0, 0.1) is 0 Å². The van der Waals surface area contributed by atoms with Crippen molar-refractivity contribution in [3.8, 4) is 11.4 Å². The lowest BCUT2D eigenvalue weighted by Crippen LogP contribution is -2.14. The van der Waals surface area contributed by atoms with Gasteiger partial charge in [0, 0.05) is 34.9 Å². The highest BCUT2D eigenvalue weighted by Gasteiger charge is 2.08. The van der Waals surface area contributed by atoms with E-state index in [2.05, 4.69) is 61.2 Å². The smallest absolute Gasteiger partial charge is 0.159 e. The van der Waals surface area contributed by atoms with Gasteiger partial charge in [-0.25, -0.2) is 9.97 Å². The Bertz CT molecular complexity index is 888. The third-order valence-corrected chi connectivity index (χ3v) is 4.77. The molecule has 0 amide bonds. The Balaban J connectivity index is 1.81. The van der Waals surface area contributed by atoms with Crippen LogP contribution in [-0.2, 0) is 19.3 Å². The first kappa shape index (κ1) is 19.5. The number of halogens is 1. The number of likely N-dealkylation sites (N-methyl/N-ethyl adjacent to an activating group) is 1. The van der Waals surface area contributed by atoms with Crippen LogP contribution in [0.15, 0.2) is 54.6 Å². The minimum atomic E-state index is 0.702. The number of aryl methyl sites for hydroxylation is 1. The molecule has 0 radical (unpaired) electrons. The number of nitrogens with zero attached hydrogens (tertiary/aromatic N) is 3. The quantitative estimate of drug-likeness (QED) is 0.574. The standard InChI is InChI=1S/C23H26ClN3/c1-4-21-16-22(26-23(25-21)19-6-5-7-20(24)15-19)14-18-10-8-17(9-11-18)12-13-27(2)3/h5-11,15-16H,4,12-14H2,1-3H3. The van der Waals surface area contributed by atoms with Gasteiger partial charge >= 0.3 is 0 Å². The van der Waals surface area contributed by atoms with Gasteiger partial charge < -0.3 is 4.90 Å². The molecule has 0 aliphatic carbocycles. The molecule has 0 N–H and O–H groups in total. The molecule has 140 valence electrons. The summed E-state index contributed by atoms with van der Waals surface area (Å²) in [7, 11) is 4.21. The van der Waals surface area contributed by atoms with E-state index in [-0.39, 0.29) is 0 Å². The predicted octanol–water partition coefficient (Wildman–Crippen LogP) is 5.05. The van der Waals surface area contributed by atoms with Gasteiger partial charge in [-0.2, -0.15) is 0 Å². The van der Waals surface area contributed by atoms with Crippen molar-refractivity contribution in [3.05, 3.63) is 82.1 Å². The normalized spacial score (nSPS) is 11.1. The second-order valence-electron chi connectivity index (χ2n) is 7.08. The molecule has 4 heteroatoms. The maximum absolute atomic E-state index is 6.14. The molecule has 1 heterocycles. The summed E-state index contributed by atoms with van der Waals surface area (Å²) < 4.78 is 0. The second-order valence-corrected chi connectivity index (χ2v) is 7.52. The van der Waals surface area contributed by atoms with Gasteiger partial charge in [-0.15, -0.1) is 0 Å². The molecule has 3 rings (SSSR count). The van der Waals surface area contributed by atoms with Crippen LogP contribution in [0.25, 0.3) is 11.4 Å². The highest BCUT2D eigenvalue weighted by Crippen LogP contribution is 2.21. The minimum absolute atomic E-state index is 0.702. The Morgan fingerprint density at radius 2 is 1.59 bits per heavy atom. The number of aromatic nitrogens is 2. The highest BCUT2D eigenvalue weighted by atomic mass is 35.5. The zero-order valence-electron chi connectivity index (χ0n) is 16.2. The summed E-state index contributed by atoms with van der Waals surface area (Å²) in [5.74, 6) is 0.745. The van der Waals surface area contributed by atoms with Crippen molar-refractivity contribution in [2.24, 2.45) is 0 Å². The van der Waals surface area contributed by atoms with Crippen LogP contribution in [-0.4, -0.2) is 35.5 Å². The fourth-order valence-electron chi connectivity index (χ4n) is 2.97. The fourth-order valence-corrected chi connectivity index (χ4v) is 3.16. The van der Waals surface area contributed by atoms with Gasteiger partial charge in [0.15, 0.2) is 5.82 Å². The molecule has 1 aromatic heterocycles. The zero-order chi connectivity index (χ0) is 19.2. The van der Waals surface area contributed by atoms with Gasteiger partial charge in [0.25, 0.3) is 0 Å². The van der Waals surface area contributed by atoms with Crippen LogP contribution in [0.3, 0.4) is 0 Å². The Hall–Kier alpha value is -2.23. The molecule has 0 atom stereocenters. The van der Waals surface area contributed by atoms with E-state index in [0.29, 0.717) is 5.02 Å². The fraction of sp³-hybridized carbons (Fsp3) is 0.304. The molecule has 0 bridgehead atoms. The molecule has 3 nitrogen and oxygen atoms in total. The summed E-state index contributed by atoms with van der Waals surface area (Å²) in [5.41, 5.74) is 5.68. The third-order valence-electron chi connectivity index (χ3n) is 4.53. The topological polar surface area (TPSA) is 29.0 Å². The van der Waals surface area contributed by atoms with Crippen molar-refractivity contribution in [2.75, 3.05) is 20.6 Å². The lowest BCUT2D eigenvalue weighted by molar-refractivity contribution is 0.413. The van der Waals surface area contributed by atoms with Gasteiger partial charge in [0.2, 0.25) is 0 Å². The van der Waals surface area contributed by atoms with Gasteiger partial charge in [-0.1, -0.05) is 54.9 Å². The highest BCUT2D eigenvalue weighted by molar-refractivity contribution is 6.30. The van der Waals surface area contributed by atoms with Crippen molar-refractivity contribution >= 4 is 11.6 Å². The summed E-state index contributed by atoms with van der Waals surface area (Å²) in [4.78, 5) is 11.7. The van der Waals surface area contributed by atoms with Crippen LogP contribution < -0.4 is 0 Å². The third kappa shape index (κ3) is 5.62. The second kappa shape index (κ2) is 9.12. The molecule has 0 saturated heterocycles. The van der Waals surface area contributed by atoms with Crippen molar-refractivity contribution in [1.82, 2.24) is 14.9 Å². The summed E-state index contributed by atoms with van der Waals surface area (Å²) in [5, 5.41) is 0.702. The monoisotopic (exact) mass is 379 g/mol. The Labute approximate surface area is 167 Å². The molecule has 0 aliphatic heterocycles. The number of rotatable bonds is 7. The molecule has 3 aromatic rings. The number of hydrogen-bond donors (Lipinski definition) is 0. The van der Waals surface area contributed by atoms with Crippen LogP contribution in [0.2, 0.25) is 5.02 Å². The van der Waals surface area contributed by atoms with Crippen LogP contribution in [0.4, 0.5) is 0 Å². The maximum Gasteiger partial charge on any atom is 0.159 e. The molecule has 0 fully saturated rings. The van der Waals surface area contributed by atoms with Gasteiger partial charge in [0.05, 0.1) is 0 Å². The summed E-state index contributed by atoms with van der Waals surface area (Å²) in [6.07, 6.45) is 2.75. The average Bonchev–Trinajstić information content (AvgIpc) is 2.67. The Morgan fingerprint density at radius 3 is 2.26 bits per heavy atom. The van der Waals surface area contributed by atoms with Crippen molar-refractivity contribution in [2.45, 2.75) is 26.2 Å². The first-order chi connectivity index (χ1) is 13.0. The molecular formula is C23H26ClN3. The summed E-state index contributed by atoms with van der Waals surface area (Å²) in [6, 6.07) is 18.7. The molecule has 0 aliphatic rings. The zero-order valence-corrected chi connectivity index (χ0v) is 17.0. The summed E-state index contributed by atoms with van der Waals surface area (Å²) >= 11 is 6.14. The lowest BCUT2D eigenvalue weighted by atomic mass is 10.0. The van der Waals surface area contributed by atoms with Crippen LogP contribution in [0.5, 0.6) is 0 Å². The SMILES string of the molecule is CCc1cc(Cc2ccc(CCN(C)C)cc2)nc(-c2cccc(Cl)c2)n1. The molecule has 0 spiro atoms. The Morgan fingerprint density at radius 1 is 0.889 bits per heavy atom. The van der Waals surface area contributed by atoms with E-state index < -0.39 is 0 Å². The largest absolute Gasteiger partial charge is 0.309 e. The van der Waals surface area contributed by atoms with Gasteiger partial charge in [-0.3, -0.25) is 0 Å². The number of benzene rings is 2. The van der Waals surface area contributed by atoms with Crippen molar-refractivity contribution in [1.29, 1.82) is 0 Å². The van der Waals surface area contributed by atoms with Gasteiger partial charge in [-0.05, 0) is 56.3 Å². The molecule has 0 saturated carbocycles. The molecule has 27 heavy (non-hydrogen) atoms. The molecular weight excluding hydrogens is 354 g/mol. The van der Waals surface area contributed by atoms with Gasteiger partial charge in [0.1, 0.15) is 0 Å². The van der Waals surface area contributed by atoms with E-state index in [1.165, 1.54) is 11.1 Å². The van der Waals surface area contributed by atoms with Crippen LogP contribution in [0.1, 0.15) is 29.4 Å². The Kier molecular flexibility index (Phi) is 6.59. The predicted molar refractivity (Wildman–Crippen MR) is 113 cm³/mol. The van der Waals surface area contributed by atoms with E-state index >= 15 is 0 Å². The number of hydrogen-bond acceptors (Lipinski definition) is 3. The molecule has 2 aromatic carbocycles. The van der Waals surface area contributed by atoms with Crippen molar-refractivity contribution in [3.63, 3.8) is 0 Å². The van der Waals surface area contributed by atoms with Crippen LogP contribution >= 0.6 is 11.6 Å². The first-order valence-electron chi connectivity index (χ1n) is 9.39. The average molecular weight is 380 g/mol. The van der Waals surface area contributed by atoms with E-state index in [1.54, 1.807) is 0 Å². The van der Waals surface area contributed by atoms with Crippen molar-refractivity contribution < 1.29 is 0 Å².